The first kappa shape index (κ1) is 18.2. The van der Waals surface area contributed by atoms with Crippen LogP contribution in [-0.2, 0) is 6.42 Å². The highest BCUT2D eigenvalue weighted by atomic mass is 79.9. The predicted octanol–water partition coefficient (Wildman–Crippen LogP) is 3.08. The van der Waals surface area contributed by atoms with Crippen LogP contribution in [0.5, 0.6) is 11.5 Å². The maximum absolute atomic E-state index is 12.2. The molecule has 0 aliphatic rings. The Morgan fingerprint density at radius 1 is 1.00 bits per heavy atom. The van der Waals surface area contributed by atoms with Crippen molar-refractivity contribution in [3.63, 3.8) is 0 Å². The molecule has 0 aromatic heterocycles. The number of nitrogens with one attached hydrogen (secondary N) is 1. The fraction of sp³-hybridized carbons (Fsp3) is 0.235. The van der Waals surface area contributed by atoms with Crippen molar-refractivity contribution in [2.45, 2.75) is 19.4 Å². The van der Waals surface area contributed by atoms with Crippen molar-refractivity contribution >= 4 is 22.8 Å². The van der Waals surface area contributed by atoms with E-state index in [4.69, 9.17) is 0 Å². The highest BCUT2D eigenvalue weighted by molar-refractivity contribution is 8.93. The van der Waals surface area contributed by atoms with Crippen molar-refractivity contribution in [1.82, 2.24) is 5.32 Å². The van der Waals surface area contributed by atoms with E-state index in [2.05, 4.69) is 5.32 Å². The molecule has 2 aromatic carbocycles. The topological polar surface area (TPSA) is 69.6 Å². The van der Waals surface area contributed by atoms with Crippen LogP contribution in [0, 0.1) is 0 Å². The summed E-state index contributed by atoms with van der Waals surface area (Å²) in [4.78, 5) is 12.2. The van der Waals surface area contributed by atoms with Gasteiger partial charge in [-0.25, -0.2) is 0 Å². The molecule has 3 N–H and O–H groups in total. The number of carbonyl (C=O) groups is 1. The van der Waals surface area contributed by atoms with Gasteiger partial charge in [0.2, 0.25) is 0 Å². The number of phenols is 2. The van der Waals surface area contributed by atoms with Gasteiger partial charge in [0.05, 0.1) is 6.04 Å². The van der Waals surface area contributed by atoms with Gasteiger partial charge in [0.25, 0.3) is 0 Å². The van der Waals surface area contributed by atoms with E-state index in [1.807, 2.05) is 19.1 Å². The van der Waals surface area contributed by atoms with Crippen LogP contribution in [0.4, 0.5) is 0 Å². The Balaban J connectivity index is 0.00000242. The molecule has 5 heteroatoms. The Kier molecular flexibility index (Phi) is 7.08. The first-order chi connectivity index (χ1) is 10.1. The third-order valence-electron chi connectivity index (χ3n) is 3.35. The fourth-order valence-corrected chi connectivity index (χ4v) is 2.06. The molecule has 0 aliphatic carbocycles. The van der Waals surface area contributed by atoms with Gasteiger partial charge in [-0.3, -0.25) is 4.79 Å². The average molecular weight is 366 g/mol. The molecule has 0 aliphatic heterocycles. The molecular weight excluding hydrogens is 346 g/mol. The number of benzene rings is 2. The lowest BCUT2D eigenvalue weighted by Gasteiger charge is -2.13. The summed E-state index contributed by atoms with van der Waals surface area (Å²) in [7, 11) is 0. The van der Waals surface area contributed by atoms with Gasteiger partial charge >= 0.3 is 0 Å². The SMILES string of the molecule is Br.CC(NCCc1ccc(O)cc1)C(=O)c1ccc(O)cc1. The molecule has 118 valence electrons. The summed E-state index contributed by atoms with van der Waals surface area (Å²) in [5.74, 6) is 0.405. The zero-order valence-corrected chi connectivity index (χ0v) is 14.0. The number of hydrogen-bond donors (Lipinski definition) is 3. The summed E-state index contributed by atoms with van der Waals surface area (Å²) in [6.07, 6.45) is 0.785. The van der Waals surface area contributed by atoms with Gasteiger partial charge in [-0.1, -0.05) is 12.1 Å². The van der Waals surface area contributed by atoms with Crippen LogP contribution in [0.3, 0.4) is 0 Å². The van der Waals surface area contributed by atoms with Crippen molar-refractivity contribution in [2.24, 2.45) is 0 Å². The second-order valence-corrected chi connectivity index (χ2v) is 5.00. The van der Waals surface area contributed by atoms with E-state index < -0.39 is 0 Å². The zero-order chi connectivity index (χ0) is 15.2. The van der Waals surface area contributed by atoms with Crippen molar-refractivity contribution < 1.29 is 15.0 Å². The van der Waals surface area contributed by atoms with Gasteiger partial charge in [0.1, 0.15) is 11.5 Å². The van der Waals surface area contributed by atoms with E-state index in [0.717, 1.165) is 12.0 Å². The first-order valence-corrected chi connectivity index (χ1v) is 6.91. The lowest BCUT2D eigenvalue weighted by molar-refractivity contribution is 0.0951. The van der Waals surface area contributed by atoms with Gasteiger partial charge in [-0.05, 0) is 61.9 Å². The molecule has 0 saturated heterocycles. The molecule has 0 spiro atoms. The molecule has 0 heterocycles. The first-order valence-electron chi connectivity index (χ1n) is 6.91. The highest BCUT2D eigenvalue weighted by Gasteiger charge is 2.14. The molecule has 1 unspecified atom stereocenters. The largest absolute Gasteiger partial charge is 0.508 e. The molecule has 1 atom stereocenters. The molecule has 4 nitrogen and oxygen atoms in total. The molecule has 0 fully saturated rings. The quantitative estimate of drug-likeness (QED) is 0.688. The van der Waals surface area contributed by atoms with Gasteiger partial charge in [0, 0.05) is 5.56 Å². The molecule has 0 saturated carbocycles. The zero-order valence-electron chi connectivity index (χ0n) is 12.3. The fourth-order valence-electron chi connectivity index (χ4n) is 2.06. The molecule has 0 amide bonds. The molecule has 2 aromatic rings. The minimum Gasteiger partial charge on any atom is -0.508 e. The Bertz CT molecular complexity index is 596. The monoisotopic (exact) mass is 365 g/mol. The molecular formula is C17H20BrNO3. The summed E-state index contributed by atoms with van der Waals surface area (Å²) < 4.78 is 0. The van der Waals surface area contributed by atoms with Gasteiger partial charge in [0.15, 0.2) is 5.78 Å². The van der Waals surface area contributed by atoms with E-state index in [1.165, 1.54) is 12.1 Å². The third kappa shape index (κ3) is 5.16. The maximum atomic E-state index is 12.2. The van der Waals surface area contributed by atoms with Crippen molar-refractivity contribution in [3.8, 4) is 11.5 Å². The van der Waals surface area contributed by atoms with Gasteiger partial charge in [-0.15, -0.1) is 17.0 Å². The molecule has 22 heavy (non-hydrogen) atoms. The second-order valence-electron chi connectivity index (χ2n) is 5.00. The van der Waals surface area contributed by atoms with E-state index in [0.29, 0.717) is 12.1 Å². The van der Waals surface area contributed by atoms with Crippen LogP contribution in [0.2, 0.25) is 0 Å². The molecule has 0 radical (unpaired) electrons. The Hall–Kier alpha value is -1.85. The van der Waals surface area contributed by atoms with Crippen molar-refractivity contribution in [3.05, 3.63) is 59.7 Å². The van der Waals surface area contributed by atoms with E-state index in [9.17, 15) is 15.0 Å². The normalized spacial score (nSPS) is 11.5. The van der Waals surface area contributed by atoms with Crippen LogP contribution in [-0.4, -0.2) is 28.6 Å². The van der Waals surface area contributed by atoms with Crippen molar-refractivity contribution in [1.29, 1.82) is 0 Å². The number of rotatable bonds is 6. The summed E-state index contributed by atoms with van der Waals surface area (Å²) in [5.41, 5.74) is 1.68. The standard InChI is InChI=1S/C17H19NO3.BrH/c1-12(17(21)14-4-8-16(20)9-5-14)18-11-10-13-2-6-15(19)7-3-13;/h2-9,12,18-20H,10-11H2,1H3;1H. The van der Waals surface area contributed by atoms with Crippen LogP contribution in [0.1, 0.15) is 22.8 Å². The summed E-state index contributed by atoms with van der Waals surface area (Å²) in [6.45, 7) is 2.50. The number of Topliss-reactive ketones (excluding diaryl/α,β-unsaturated/α-hetero) is 1. The summed E-state index contributed by atoms with van der Waals surface area (Å²) in [6, 6.07) is 13.0. The lowest BCUT2D eigenvalue weighted by Crippen LogP contribution is -2.35. The van der Waals surface area contributed by atoms with Gasteiger partial charge in [-0.2, -0.15) is 0 Å². The number of ketones is 1. The van der Waals surface area contributed by atoms with Crippen molar-refractivity contribution in [2.75, 3.05) is 6.54 Å². The van der Waals surface area contributed by atoms with E-state index in [1.54, 1.807) is 24.3 Å². The van der Waals surface area contributed by atoms with E-state index in [-0.39, 0.29) is 40.3 Å². The number of halogens is 1. The van der Waals surface area contributed by atoms with Crippen LogP contribution in [0.25, 0.3) is 0 Å². The Morgan fingerprint density at radius 3 is 2.05 bits per heavy atom. The minimum absolute atomic E-state index is 0. The predicted molar refractivity (Wildman–Crippen MR) is 92.0 cm³/mol. The summed E-state index contributed by atoms with van der Waals surface area (Å²) in [5, 5.41) is 21.6. The second kappa shape index (κ2) is 8.56. The Morgan fingerprint density at radius 2 is 1.50 bits per heavy atom. The lowest BCUT2D eigenvalue weighted by atomic mass is 10.0. The van der Waals surface area contributed by atoms with E-state index >= 15 is 0 Å². The van der Waals surface area contributed by atoms with Crippen LogP contribution in [0.15, 0.2) is 48.5 Å². The number of phenolic OH excluding ortho intramolecular Hbond substituents is 2. The third-order valence-corrected chi connectivity index (χ3v) is 3.35. The highest BCUT2D eigenvalue weighted by Crippen LogP contribution is 2.12. The number of aromatic hydroxyl groups is 2. The minimum atomic E-state index is -0.286. The maximum Gasteiger partial charge on any atom is 0.179 e. The summed E-state index contributed by atoms with van der Waals surface area (Å²) >= 11 is 0. The average Bonchev–Trinajstić information content (AvgIpc) is 2.49. The number of carbonyl (C=O) groups excluding carboxylic acids is 1. The molecule has 0 bridgehead atoms. The Labute approximate surface area is 140 Å². The smallest absolute Gasteiger partial charge is 0.179 e. The van der Waals surface area contributed by atoms with Crippen LogP contribution < -0.4 is 5.32 Å². The number of hydrogen-bond acceptors (Lipinski definition) is 4. The van der Waals surface area contributed by atoms with Crippen LogP contribution >= 0.6 is 17.0 Å². The van der Waals surface area contributed by atoms with Gasteiger partial charge < -0.3 is 15.5 Å². The molecule has 2 rings (SSSR count).